The van der Waals surface area contributed by atoms with Crippen LogP contribution in [-0.2, 0) is 27.1 Å². The number of aryl methyl sites for hydroxylation is 2. The SMILES string of the molecule is CCCC=CCC=CCCCCCCCc1cccc(C(OC(c2cccc(CCCCCCCC=CCC=CCCC)c2)C2CO2)C2CO2)c1. The lowest BCUT2D eigenvalue weighted by Crippen LogP contribution is -2.19. The van der Waals surface area contributed by atoms with Gasteiger partial charge in [-0.1, -0.05) is 162 Å². The lowest BCUT2D eigenvalue weighted by atomic mass is 9.98. The molecule has 2 aromatic carbocycles. The van der Waals surface area contributed by atoms with Crippen LogP contribution in [0.2, 0.25) is 0 Å². The van der Waals surface area contributed by atoms with Crippen molar-refractivity contribution in [3.63, 3.8) is 0 Å². The van der Waals surface area contributed by atoms with Gasteiger partial charge in [-0.2, -0.15) is 0 Å². The standard InChI is InChI=1S/C48H70O3/c1-3-5-7-9-11-13-15-17-19-21-23-25-27-31-41-33-29-35-43(37-41)47(45-39-49-45)51-48(46-40-50-46)44-36-30-34-42(38-44)32-28-26-24-22-20-18-16-14-12-10-8-6-4-2/h7-10,13-16,29-30,33-38,45-48H,3-6,11-12,17-28,31-32,39-40H2,1-2H3. The van der Waals surface area contributed by atoms with Crippen LogP contribution in [0.1, 0.15) is 164 Å². The lowest BCUT2D eigenvalue weighted by molar-refractivity contribution is -0.0419. The second kappa shape index (κ2) is 26.1. The molecular weight excluding hydrogens is 625 g/mol. The first kappa shape index (κ1) is 41.0. The molecule has 0 aromatic heterocycles. The number of hydrogen-bond donors (Lipinski definition) is 0. The molecule has 0 amide bonds. The van der Waals surface area contributed by atoms with Crippen LogP contribution in [0.5, 0.6) is 0 Å². The number of epoxide rings is 2. The Balaban J connectivity index is 1.16. The molecule has 280 valence electrons. The molecule has 0 radical (unpaired) electrons. The fraction of sp³-hybridized carbons (Fsp3) is 0.583. The van der Waals surface area contributed by atoms with Crippen molar-refractivity contribution in [2.45, 2.75) is 167 Å². The highest BCUT2D eigenvalue weighted by Crippen LogP contribution is 2.40. The molecule has 0 N–H and O–H groups in total. The van der Waals surface area contributed by atoms with Gasteiger partial charge in [0.25, 0.3) is 0 Å². The first-order chi connectivity index (χ1) is 25.3. The molecule has 0 bridgehead atoms. The van der Waals surface area contributed by atoms with E-state index in [0.29, 0.717) is 0 Å². The van der Waals surface area contributed by atoms with Gasteiger partial charge in [0.15, 0.2) is 0 Å². The monoisotopic (exact) mass is 695 g/mol. The van der Waals surface area contributed by atoms with Gasteiger partial charge in [-0.05, 0) is 99.3 Å². The van der Waals surface area contributed by atoms with Crippen molar-refractivity contribution in [1.82, 2.24) is 0 Å². The zero-order valence-electron chi connectivity index (χ0n) is 32.3. The second-order valence-electron chi connectivity index (χ2n) is 14.8. The third-order valence-electron chi connectivity index (χ3n) is 10.0. The highest BCUT2D eigenvalue weighted by molar-refractivity contribution is 5.29. The Hall–Kier alpha value is -2.72. The molecular formula is C48H70O3. The molecule has 0 saturated carbocycles. The van der Waals surface area contributed by atoms with Crippen molar-refractivity contribution in [2.24, 2.45) is 0 Å². The number of benzene rings is 2. The van der Waals surface area contributed by atoms with Crippen LogP contribution < -0.4 is 0 Å². The van der Waals surface area contributed by atoms with E-state index in [1.807, 2.05) is 0 Å². The van der Waals surface area contributed by atoms with E-state index in [-0.39, 0.29) is 24.4 Å². The third kappa shape index (κ3) is 18.1. The van der Waals surface area contributed by atoms with Crippen LogP contribution in [-0.4, -0.2) is 25.4 Å². The Morgan fingerprint density at radius 3 is 1.33 bits per heavy atom. The van der Waals surface area contributed by atoms with Crippen molar-refractivity contribution >= 4 is 0 Å². The minimum atomic E-state index is -0.0645. The van der Waals surface area contributed by atoms with Gasteiger partial charge in [-0.3, -0.25) is 0 Å². The summed E-state index contributed by atoms with van der Waals surface area (Å²) in [6.45, 7) is 5.99. The Kier molecular flexibility index (Phi) is 21.0. The van der Waals surface area contributed by atoms with E-state index in [2.05, 4.69) is 111 Å². The molecule has 4 atom stereocenters. The van der Waals surface area contributed by atoms with Gasteiger partial charge in [0.1, 0.15) is 24.4 Å². The number of allylic oxidation sites excluding steroid dienone is 8. The topological polar surface area (TPSA) is 34.3 Å². The van der Waals surface area contributed by atoms with Crippen LogP contribution >= 0.6 is 0 Å². The van der Waals surface area contributed by atoms with Gasteiger partial charge >= 0.3 is 0 Å². The maximum absolute atomic E-state index is 6.96. The molecule has 2 aromatic rings. The quantitative estimate of drug-likeness (QED) is 0.0464. The van der Waals surface area contributed by atoms with Crippen molar-refractivity contribution in [1.29, 1.82) is 0 Å². The van der Waals surface area contributed by atoms with E-state index >= 15 is 0 Å². The summed E-state index contributed by atoms with van der Waals surface area (Å²) in [5, 5.41) is 0. The van der Waals surface area contributed by atoms with Gasteiger partial charge in [0.05, 0.1) is 13.2 Å². The zero-order chi connectivity index (χ0) is 35.6. The average molecular weight is 695 g/mol. The summed E-state index contributed by atoms with van der Waals surface area (Å²) in [4.78, 5) is 0. The third-order valence-corrected chi connectivity index (χ3v) is 10.0. The maximum Gasteiger partial charge on any atom is 0.112 e. The molecule has 3 heteroatoms. The lowest BCUT2D eigenvalue weighted by Gasteiger charge is -2.24. The fourth-order valence-electron chi connectivity index (χ4n) is 6.82. The van der Waals surface area contributed by atoms with Gasteiger partial charge in [0.2, 0.25) is 0 Å². The van der Waals surface area contributed by atoms with Gasteiger partial charge in [0, 0.05) is 0 Å². The summed E-state index contributed by atoms with van der Waals surface area (Å²) < 4.78 is 18.7. The Morgan fingerprint density at radius 2 is 0.922 bits per heavy atom. The van der Waals surface area contributed by atoms with E-state index < -0.39 is 0 Å². The van der Waals surface area contributed by atoms with Crippen LogP contribution in [0, 0.1) is 0 Å². The van der Waals surface area contributed by atoms with E-state index in [1.54, 1.807) is 0 Å². The van der Waals surface area contributed by atoms with Crippen molar-refractivity contribution in [2.75, 3.05) is 13.2 Å². The molecule has 0 aliphatic carbocycles. The number of unbranched alkanes of at least 4 members (excludes halogenated alkanes) is 12. The normalized spacial score (nSPS) is 18.5. The van der Waals surface area contributed by atoms with Crippen LogP contribution in [0.15, 0.2) is 97.1 Å². The van der Waals surface area contributed by atoms with Gasteiger partial charge in [-0.25, -0.2) is 0 Å². The Labute approximate surface area is 312 Å². The summed E-state index contributed by atoms with van der Waals surface area (Å²) >= 11 is 0. The predicted molar refractivity (Wildman–Crippen MR) is 217 cm³/mol. The van der Waals surface area contributed by atoms with Crippen LogP contribution in [0.3, 0.4) is 0 Å². The summed E-state index contributed by atoms with van der Waals surface area (Å²) in [6.07, 6.45) is 43.3. The summed E-state index contributed by atoms with van der Waals surface area (Å²) in [5.74, 6) is 0. The summed E-state index contributed by atoms with van der Waals surface area (Å²) in [6, 6.07) is 18.2. The number of hydrogen-bond acceptors (Lipinski definition) is 3. The van der Waals surface area contributed by atoms with Crippen LogP contribution in [0.4, 0.5) is 0 Å². The van der Waals surface area contributed by atoms with Crippen molar-refractivity contribution < 1.29 is 14.2 Å². The summed E-state index contributed by atoms with van der Waals surface area (Å²) in [7, 11) is 0. The zero-order valence-corrected chi connectivity index (χ0v) is 32.3. The molecule has 0 spiro atoms. The average Bonchev–Trinajstić information content (AvgIpc) is 4.09. The van der Waals surface area contributed by atoms with Gasteiger partial charge < -0.3 is 14.2 Å². The summed E-state index contributed by atoms with van der Waals surface area (Å²) in [5.41, 5.74) is 5.31. The smallest absolute Gasteiger partial charge is 0.112 e. The highest BCUT2D eigenvalue weighted by atomic mass is 16.6. The number of rotatable bonds is 30. The predicted octanol–water partition coefficient (Wildman–Crippen LogP) is 13.7. The first-order valence-corrected chi connectivity index (χ1v) is 20.9. The highest BCUT2D eigenvalue weighted by Gasteiger charge is 2.42. The van der Waals surface area contributed by atoms with Gasteiger partial charge in [-0.15, -0.1) is 0 Å². The van der Waals surface area contributed by atoms with Crippen LogP contribution in [0.25, 0.3) is 0 Å². The van der Waals surface area contributed by atoms with E-state index in [1.165, 1.54) is 125 Å². The second-order valence-corrected chi connectivity index (χ2v) is 14.8. The maximum atomic E-state index is 6.96. The minimum Gasteiger partial charge on any atom is -0.370 e. The van der Waals surface area contributed by atoms with E-state index in [0.717, 1.165) is 38.9 Å². The molecule has 51 heavy (non-hydrogen) atoms. The van der Waals surface area contributed by atoms with E-state index in [9.17, 15) is 0 Å². The minimum absolute atomic E-state index is 0.0645. The largest absolute Gasteiger partial charge is 0.370 e. The Morgan fingerprint density at radius 1 is 0.529 bits per heavy atom. The Bertz CT molecular complexity index is 1200. The molecule has 2 aliphatic heterocycles. The van der Waals surface area contributed by atoms with Crippen molar-refractivity contribution in [3.8, 4) is 0 Å². The molecule has 2 fully saturated rings. The molecule has 2 aliphatic rings. The van der Waals surface area contributed by atoms with Crippen molar-refractivity contribution in [3.05, 3.63) is 119 Å². The molecule has 4 unspecified atom stereocenters. The molecule has 4 rings (SSSR count). The number of ether oxygens (including phenoxy) is 3. The van der Waals surface area contributed by atoms with E-state index in [4.69, 9.17) is 14.2 Å². The fourth-order valence-corrected chi connectivity index (χ4v) is 6.82. The molecule has 3 nitrogen and oxygen atoms in total. The first-order valence-electron chi connectivity index (χ1n) is 20.9. The molecule has 2 heterocycles. The molecule has 2 saturated heterocycles.